The average molecular weight is 1260 g/mol. The number of hydrogen-bond donors (Lipinski definition) is 5. The molecule has 13 aromatic rings. The number of alkyl carbamates (subject to hydrolysis) is 2. The highest BCUT2D eigenvalue weighted by Gasteiger charge is 2.18. The van der Waals surface area contributed by atoms with Gasteiger partial charge in [0.1, 0.15) is 0 Å². The average Bonchev–Trinajstić information content (AvgIpc) is 0.853. The van der Waals surface area contributed by atoms with Crippen LogP contribution in [0.25, 0.3) is 76.8 Å². The van der Waals surface area contributed by atoms with Gasteiger partial charge in [-0.15, -0.1) is 0 Å². The van der Waals surface area contributed by atoms with Gasteiger partial charge >= 0.3 is 12.2 Å². The highest BCUT2D eigenvalue weighted by molar-refractivity contribution is 6.09. The highest BCUT2D eigenvalue weighted by Crippen LogP contribution is 2.30. The van der Waals surface area contributed by atoms with E-state index in [1.807, 2.05) is 201 Å². The Kier molecular flexibility index (Phi) is 21.0. The third-order valence-corrected chi connectivity index (χ3v) is 16.3. The number of ether oxygens (including phenoxy) is 2. The fourth-order valence-electron chi connectivity index (χ4n) is 11.1. The SMILES string of the molecule is COC(=O)NCc1ccc(CCC(=O)c2cc(C)nc3ccccc23)cc1.COC(=O)NCc1ccc(CNC(=O)c2cc(-c3ccc4ccccc4c3)nc3ccccc23)cc1.NCc1ccc(CNC(=O)c2cc(-c3ccc4ccccc4c3)nc3ccccc23)cc1. The van der Waals surface area contributed by atoms with Gasteiger partial charge in [0.25, 0.3) is 11.8 Å². The number of para-hydroxylation sites is 3. The molecule has 10 aromatic carbocycles. The van der Waals surface area contributed by atoms with Gasteiger partial charge in [0.2, 0.25) is 0 Å². The van der Waals surface area contributed by atoms with Crippen LogP contribution >= 0.6 is 0 Å². The number of fused-ring (bicyclic) bond motifs is 5. The highest BCUT2D eigenvalue weighted by atomic mass is 16.5. The molecule has 0 fully saturated rings. The molecule has 0 unspecified atom stereocenters. The molecule has 0 bridgehead atoms. The lowest BCUT2D eigenvalue weighted by Crippen LogP contribution is -2.23. The Morgan fingerprint density at radius 3 is 1.15 bits per heavy atom. The van der Waals surface area contributed by atoms with E-state index in [-0.39, 0.29) is 17.6 Å². The number of amides is 4. The van der Waals surface area contributed by atoms with Crippen molar-refractivity contribution in [1.29, 1.82) is 0 Å². The zero-order valence-corrected chi connectivity index (χ0v) is 52.9. The normalized spacial score (nSPS) is 10.8. The number of Topliss-reactive ketones (excluding diaryl/α,β-unsaturated/α-hetero) is 1. The van der Waals surface area contributed by atoms with Crippen molar-refractivity contribution < 1.29 is 33.4 Å². The number of hydrogen-bond acceptors (Lipinski definition) is 11. The van der Waals surface area contributed by atoms with E-state index in [2.05, 4.69) is 90.3 Å². The molecule has 3 aromatic heterocycles. The summed E-state index contributed by atoms with van der Waals surface area (Å²) in [5, 5.41) is 18.5. The maximum atomic E-state index is 13.3. The number of aryl methyl sites for hydroxylation is 2. The second kappa shape index (κ2) is 30.9. The van der Waals surface area contributed by atoms with Crippen molar-refractivity contribution in [2.45, 2.75) is 52.5 Å². The third kappa shape index (κ3) is 16.6. The quantitative estimate of drug-likeness (QED) is 0.0540. The molecule has 0 saturated heterocycles. The van der Waals surface area contributed by atoms with Crippen LogP contribution in [0, 0.1) is 6.92 Å². The summed E-state index contributed by atoms with van der Waals surface area (Å²) in [6, 6.07) is 81.2. The zero-order chi connectivity index (χ0) is 66.0. The lowest BCUT2D eigenvalue weighted by Gasteiger charge is -2.12. The first-order valence-corrected chi connectivity index (χ1v) is 31.2. The van der Waals surface area contributed by atoms with Gasteiger partial charge in [-0.05, 0) is 117 Å². The molecule has 0 atom stereocenters. The predicted octanol–water partition coefficient (Wildman–Crippen LogP) is 15.5. The van der Waals surface area contributed by atoms with Gasteiger partial charge in [0.05, 0.1) is 53.3 Å². The molecule has 0 aliphatic carbocycles. The molecular formula is C80H70N8O7. The van der Waals surface area contributed by atoms with Gasteiger partial charge in [-0.1, -0.05) is 200 Å². The van der Waals surface area contributed by atoms with Gasteiger partial charge < -0.3 is 36.5 Å². The third-order valence-electron chi connectivity index (χ3n) is 16.3. The van der Waals surface area contributed by atoms with Gasteiger partial charge in [-0.25, -0.2) is 19.6 Å². The van der Waals surface area contributed by atoms with Crippen molar-refractivity contribution in [3.8, 4) is 22.5 Å². The van der Waals surface area contributed by atoms with E-state index in [0.717, 1.165) is 116 Å². The molecule has 4 amide bonds. The molecule has 0 radical (unpaired) electrons. The van der Waals surface area contributed by atoms with Gasteiger partial charge in [-0.3, -0.25) is 19.4 Å². The Morgan fingerprint density at radius 2 is 0.726 bits per heavy atom. The molecule has 15 heteroatoms. The Morgan fingerprint density at radius 1 is 0.368 bits per heavy atom. The number of ketones is 1. The number of carbonyl (C=O) groups excluding carboxylic acids is 5. The minimum atomic E-state index is -0.473. The van der Waals surface area contributed by atoms with Crippen LogP contribution in [-0.2, 0) is 48.6 Å². The first kappa shape index (κ1) is 64.6. The predicted molar refractivity (Wildman–Crippen MR) is 377 cm³/mol. The second-order valence-electron chi connectivity index (χ2n) is 22.7. The topological polar surface area (TPSA) is 217 Å². The minimum absolute atomic E-state index is 0.117. The van der Waals surface area contributed by atoms with Gasteiger partial charge in [0, 0.05) is 77.7 Å². The van der Waals surface area contributed by atoms with E-state index >= 15 is 0 Å². The molecule has 95 heavy (non-hydrogen) atoms. The number of nitrogens with zero attached hydrogens (tertiary/aromatic N) is 3. The molecule has 6 N–H and O–H groups in total. The van der Waals surface area contributed by atoms with Crippen molar-refractivity contribution >= 4 is 84.0 Å². The fourth-order valence-corrected chi connectivity index (χ4v) is 11.1. The zero-order valence-electron chi connectivity index (χ0n) is 52.9. The van der Waals surface area contributed by atoms with E-state index in [4.69, 9.17) is 15.7 Å². The lowest BCUT2D eigenvalue weighted by molar-refractivity contribution is 0.0944. The van der Waals surface area contributed by atoms with Gasteiger partial charge in [0.15, 0.2) is 5.78 Å². The van der Waals surface area contributed by atoms with Crippen LogP contribution in [-0.4, -0.2) is 59.0 Å². The first-order valence-electron chi connectivity index (χ1n) is 31.2. The summed E-state index contributed by atoms with van der Waals surface area (Å²) in [4.78, 5) is 75.8. The molecule has 0 aliphatic heterocycles. The summed E-state index contributed by atoms with van der Waals surface area (Å²) in [5.74, 6) is -0.159. The van der Waals surface area contributed by atoms with Crippen molar-refractivity contribution in [1.82, 2.24) is 36.2 Å². The number of pyridine rings is 3. The van der Waals surface area contributed by atoms with E-state index in [9.17, 15) is 24.0 Å². The number of nitrogens with one attached hydrogen (secondary N) is 4. The minimum Gasteiger partial charge on any atom is -0.453 e. The number of methoxy groups -OCH3 is 2. The van der Waals surface area contributed by atoms with Crippen LogP contribution in [0.2, 0.25) is 0 Å². The summed E-state index contributed by atoms with van der Waals surface area (Å²) in [5.41, 5.74) is 20.4. The first-order chi connectivity index (χ1) is 46.4. The molecule has 3 heterocycles. The van der Waals surface area contributed by atoms with E-state index < -0.39 is 12.2 Å². The smallest absolute Gasteiger partial charge is 0.407 e. The molecular weight excluding hydrogens is 1180 g/mol. The molecule has 0 saturated carbocycles. The number of nitrogens with two attached hydrogens (primary N) is 1. The number of rotatable bonds is 17. The van der Waals surface area contributed by atoms with Crippen LogP contribution in [0.15, 0.2) is 249 Å². The second-order valence-corrected chi connectivity index (χ2v) is 22.7. The monoisotopic (exact) mass is 1250 g/mol. The van der Waals surface area contributed by atoms with Crippen molar-refractivity contribution in [2.75, 3.05) is 14.2 Å². The Balaban J connectivity index is 0.000000147. The maximum absolute atomic E-state index is 13.3. The van der Waals surface area contributed by atoms with E-state index in [0.29, 0.717) is 56.7 Å². The standard InChI is InChI=1S/C30H25N3O3.C28H23N3O.C22H22N2O3/c1-36-30(35)32-19-21-12-10-20(11-13-21)18-31-29(34)26-17-28(33-27-9-5-4-8-25(26)27)24-15-14-22-6-2-3-7-23(22)16-24;29-17-19-9-11-20(12-10-19)18-30-28(32)25-16-27(31-26-8-4-3-7-24(25)26)23-14-13-21-5-1-2-6-22(21)15-23;1-15-13-19(18-5-3-4-6-20(18)24-15)21(25)12-11-16-7-9-17(10-8-16)14-23-22(26)27-2/h2-17H,18-19H2,1H3,(H,31,34)(H,32,35);1-16H,17-18,29H2,(H,30,32);3-10,13H,11-12,14H2,1-2H3,(H,23,26). The Hall–Kier alpha value is -11.9. The van der Waals surface area contributed by atoms with Gasteiger partial charge in [-0.2, -0.15) is 0 Å². The molecule has 15 nitrogen and oxygen atoms in total. The number of carbonyl (C=O) groups is 5. The van der Waals surface area contributed by atoms with Crippen LogP contribution in [0.1, 0.15) is 76.6 Å². The largest absolute Gasteiger partial charge is 0.453 e. The fraction of sp³-hybridized carbons (Fsp3) is 0.125. The van der Waals surface area contributed by atoms with Crippen molar-refractivity contribution in [2.24, 2.45) is 5.73 Å². The van der Waals surface area contributed by atoms with Crippen molar-refractivity contribution in [3.63, 3.8) is 0 Å². The molecule has 472 valence electrons. The van der Waals surface area contributed by atoms with Crippen molar-refractivity contribution in [3.05, 3.63) is 304 Å². The summed E-state index contributed by atoms with van der Waals surface area (Å²) < 4.78 is 9.14. The summed E-state index contributed by atoms with van der Waals surface area (Å²) in [6.07, 6.45) is 0.176. The molecule has 0 aliphatic rings. The van der Waals surface area contributed by atoms with E-state index in [1.54, 1.807) is 0 Å². The molecule has 13 rings (SSSR count). The summed E-state index contributed by atoms with van der Waals surface area (Å²) in [6.45, 7) is 4.03. The van der Waals surface area contributed by atoms with Crippen LogP contribution in [0.5, 0.6) is 0 Å². The van der Waals surface area contributed by atoms with Crippen LogP contribution < -0.4 is 27.0 Å². The van der Waals surface area contributed by atoms with E-state index in [1.165, 1.54) is 19.6 Å². The maximum Gasteiger partial charge on any atom is 0.407 e. The number of aromatic nitrogens is 3. The Bertz CT molecular complexity index is 4920. The Labute approximate surface area is 550 Å². The summed E-state index contributed by atoms with van der Waals surface area (Å²) in [7, 11) is 2.67. The summed E-state index contributed by atoms with van der Waals surface area (Å²) >= 11 is 0. The molecule has 0 spiro atoms. The van der Waals surface area contributed by atoms with Crippen LogP contribution in [0.3, 0.4) is 0 Å². The lowest BCUT2D eigenvalue weighted by atomic mass is 9.98. The number of benzene rings is 10. The van der Waals surface area contributed by atoms with Crippen LogP contribution in [0.4, 0.5) is 9.59 Å².